The van der Waals surface area contributed by atoms with E-state index < -0.39 is 0 Å². The van der Waals surface area contributed by atoms with Gasteiger partial charge in [0.15, 0.2) is 10.9 Å². The number of nitrogen functional groups attached to an aromatic ring is 1. The first-order valence-corrected chi connectivity index (χ1v) is 10.0. The summed E-state index contributed by atoms with van der Waals surface area (Å²) in [6.07, 6.45) is 1.72. The van der Waals surface area contributed by atoms with Gasteiger partial charge < -0.3 is 25.7 Å². The van der Waals surface area contributed by atoms with E-state index in [-0.39, 0.29) is 0 Å². The van der Waals surface area contributed by atoms with Crippen LogP contribution in [0.3, 0.4) is 0 Å². The molecule has 1 unspecified atom stereocenters. The molecule has 0 aliphatic carbocycles. The summed E-state index contributed by atoms with van der Waals surface area (Å²) in [6, 6.07) is 8.36. The van der Waals surface area contributed by atoms with E-state index in [0.29, 0.717) is 43.1 Å². The molecule has 3 aromatic rings. The van der Waals surface area contributed by atoms with E-state index in [1.54, 1.807) is 7.11 Å². The molecule has 0 amide bonds. The van der Waals surface area contributed by atoms with Gasteiger partial charge in [0, 0.05) is 38.0 Å². The number of para-hydroxylation sites is 1. The molecule has 1 aromatic carbocycles. The van der Waals surface area contributed by atoms with Crippen LogP contribution in [0.15, 0.2) is 24.3 Å². The van der Waals surface area contributed by atoms with Crippen molar-refractivity contribution in [3.8, 4) is 0 Å². The van der Waals surface area contributed by atoms with E-state index in [1.165, 1.54) is 0 Å². The van der Waals surface area contributed by atoms with Gasteiger partial charge in [-0.1, -0.05) is 25.1 Å². The molecule has 8 heteroatoms. The summed E-state index contributed by atoms with van der Waals surface area (Å²) < 4.78 is 7.47. The molecule has 1 atom stereocenters. The minimum absolute atomic E-state index is 0.348. The van der Waals surface area contributed by atoms with Gasteiger partial charge in [-0.05, 0) is 31.6 Å². The molecule has 3 rings (SSSR count). The van der Waals surface area contributed by atoms with Crippen LogP contribution < -0.4 is 16.4 Å². The standard InChI is InChI=1S/C20H28N6OS/c1-4-13(2)23-20(28)22-10-11-26-16(9-12-27-3)25-17-18(26)14-7-5-6-8-15(14)24-19(17)21/h5-8,13H,4,9-12H2,1-3H3,(H2,21,24)(H2,22,23,28). The maximum Gasteiger partial charge on any atom is 0.166 e. The Bertz CT molecular complexity index is 970. The number of fused-ring (bicyclic) bond motifs is 3. The van der Waals surface area contributed by atoms with Crippen molar-refractivity contribution in [1.29, 1.82) is 0 Å². The van der Waals surface area contributed by atoms with Gasteiger partial charge in [0.05, 0.1) is 17.6 Å². The summed E-state index contributed by atoms with van der Waals surface area (Å²) in [4.78, 5) is 9.29. The summed E-state index contributed by atoms with van der Waals surface area (Å²) in [5.41, 5.74) is 8.84. The molecule has 0 bridgehead atoms. The second-order valence-electron chi connectivity index (χ2n) is 6.84. The summed E-state index contributed by atoms with van der Waals surface area (Å²) in [6.45, 7) is 6.23. The number of aromatic nitrogens is 3. The predicted octanol–water partition coefficient (Wildman–Crippen LogP) is 2.62. The van der Waals surface area contributed by atoms with Crippen molar-refractivity contribution >= 4 is 45.1 Å². The first-order valence-electron chi connectivity index (χ1n) is 9.61. The lowest BCUT2D eigenvalue weighted by molar-refractivity contribution is 0.199. The normalized spacial score (nSPS) is 12.4. The minimum Gasteiger partial charge on any atom is -0.384 e. The van der Waals surface area contributed by atoms with Crippen molar-refractivity contribution in [2.24, 2.45) is 0 Å². The lowest BCUT2D eigenvalue weighted by Crippen LogP contribution is -2.41. The summed E-state index contributed by atoms with van der Waals surface area (Å²) in [5.74, 6) is 1.39. The van der Waals surface area contributed by atoms with Crippen LogP contribution >= 0.6 is 12.2 Å². The van der Waals surface area contributed by atoms with E-state index >= 15 is 0 Å². The van der Waals surface area contributed by atoms with E-state index in [4.69, 9.17) is 27.7 Å². The van der Waals surface area contributed by atoms with Crippen LogP contribution in [0.25, 0.3) is 21.9 Å². The Labute approximate surface area is 170 Å². The average Bonchev–Trinajstić information content (AvgIpc) is 3.05. The molecule has 0 radical (unpaired) electrons. The van der Waals surface area contributed by atoms with Gasteiger partial charge in [-0.15, -0.1) is 0 Å². The van der Waals surface area contributed by atoms with Crippen molar-refractivity contribution in [1.82, 2.24) is 25.2 Å². The van der Waals surface area contributed by atoms with Crippen LogP contribution in [-0.4, -0.2) is 46.0 Å². The fourth-order valence-electron chi connectivity index (χ4n) is 3.19. The molecule has 2 aromatic heterocycles. The molecule has 28 heavy (non-hydrogen) atoms. The number of nitrogens with two attached hydrogens (primary N) is 1. The zero-order valence-electron chi connectivity index (χ0n) is 16.7. The van der Waals surface area contributed by atoms with Crippen molar-refractivity contribution < 1.29 is 4.74 Å². The number of rotatable bonds is 8. The average molecular weight is 401 g/mol. The third-order valence-electron chi connectivity index (χ3n) is 4.83. The molecular formula is C20H28N6OS. The molecule has 0 aliphatic rings. The molecule has 150 valence electrons. The Morgan fingerprint density at radius 3 is 2.86 bits per heavy atom. The number of pyridine rings is 1. The van der Waals surface area contributed by atoms with Crippen molar-refractivity contribution in [2.75, 3.05) is 26.0 Å². The van der Waals surface area contributed by atoms with E-state index in [0.717, 1.165) is 34.2 Å². The number of nitrogens with one attached hydrogen (secondary N) is 2. The van der Waals surface area contributed by atoms with E-state index in [1.807, 2.05) is 18.2 Å². The Hall–Kier alpha value is -2.45. The van der Waals surface area contributed by atoms with Gasteiger partial charge in [0.1, 0.15) is 11.3 Å². The largest absolute Gasteiger partial charge is 0.384 e. The molecule has 0 fully saturated rings. The van der Waals surface area contributed by atoms with Gasteiger partial charge in [0.2, 0.25) is 0 Å². The minimum atomic E-state index is 0.348. The zero-order chi connectivity index (χ0) is 20.1. The highest BCUT2D eigenvalue weighted by atomic mass is 32.1. The predicted molar refractivity (Wildman–Crippen MR) is 119 cm³/mol. The number of anilines is 1. The number of benzene rings is 1. The second-order valence-corrected chi connectivity index (χ2v) is 7.25. The van der Waals surface area contributed by atoms with Crippen molar-refractivity contribution in [3.05, 3.63) is 30.1 Å². The third kappa shape index (κ3) is 4.34. The third-order valence-corrected chi connectivity index (χ3v) is 5.09. The maximum atomic E-state index is 6.22. The Kier molecular flexibility index (Phi) is 6.64. The quantitative estimate of drug-likeness (QED) is 0.501. The number of thiocarbonyl (C=S) groups is 1. The topological polar surface area (TPSA) is 90.0 Å². The number of hydrogen-bond donors (Lipinski definition) is 3. The molecule has 0 spiro atoms. The van der Waals surface area contributed by atoms with Gasteiger partial charge in [-0.25, -0.2) is 9.97 Å². The second kappa shape index (κ2) is 9.16. The fraction of sp³-hybridized carbons (Fsp3) is 0.450. The van der Waals surface area contributed by atoms with Crippen LogP contribution in [0.2, 0.25) is 0 Å². The number of nitrogens with zero attached hydrogens (tertiary/aromatic N) is 3. The first kappa shape index (κ1) is 20.3. The van der Waals surface area contributed by atoms with Crippen LogP contribution in [0.1, 0.15) is 26.1 Å². The molecule has 0 saturated carbocycles. The van der Waals surface area contributed by atoms with Gasteiger partial charge in [-0.2, -0.15) is 0 Å². The molecule has 4 N–H and O–H groups in total. The first-order chi connectivity index (χ1) is 13.5. The van der Waals surface area contributed by atoms with E-state index in [2.05, 4.69) is 40.1 Å². The van der Waals surface area contributed by atoms with Gasteiger partial charge in [-0.3, -0.25) is 0 Å². The van der Waals surface area contributed by atoms with Gasteiger partial charge >= 0.3 is 0 Å². The van der Waals surface area contributed by atoms with E-state index in [9.17, 15) is 0 Å². The van der Waals surface area contributed by atoms with Crippen LogP contribution in [0, 0.1) is 0 Å². The van der Waals surface area contributed by atoms with Crippen LogP contribution in [0.4, 0.5) is 5.82 Å². The molecule has 2 heterocycles. The highest BCUT2D eigenvalue weighted by molar-refractivity contribution is 7.80. The smallest absolute Gasteiger partial charge is 0.166 e. The van der Waals surface area contributed by atoms with Crippen molar-refractivity contribution in [3.63, 3.8) is 0 Å². The lowest BCUT2D eigenvalue weighted by atomic mass is 10.2. The summed E-state index contributed by atoms with van der Waals surface area (Å²) >= 11 is 5.39. The number of ether oxygens (including phenoxy) is 1. The Morgan fingerprint density at radius 1 is 1.32 bits per heavy atom. The van der Waals surface area contributed by atoms with Gasteiger partial charge in [0.25, 0.3) is 0 Å². The maximum absolute atomic E-state index is 6.22. The molecular weight excluding hydrogens is 372 g/mol. The molecule has 7 nitrogen and oxygen atoms in total. The summed E-state index contributed by atoms with van der Waals surface area (Å²) in [5, 5.41) is 8.28. The van der Waals surface area contributed by atoms with Crippen molar-refractivity contribution in [2.45, 2.75) is 39.3 Å². The number of hydrogen-bond acceptors (Lipinski definition) is 5. The Morgan fingerprint density at radius 2 is 2.11 bits per heavy atom. The monoisotopic (exact) mass is 400 g/mol. The molecule has 0 saturated heterocycles. The SMILES string of the molecule is CCC(C)NC(=S)NCCn1c(CCOC)nc2c(N)nc3ccccc3c21. The highest BCUT2D eigenvalue weighted by Crippen LogP contribution is 2.28. The number of methoxy groups -OCH3 is 1. The fourth-order valence-corrected chi connectivity index (χ4v) is 3.49. The molecule has 0 aliphatic heterocycles. The lowest BCUT2D eigenvalue weighted by Gasteiger charge is -2.16. The Balaban J connectivity index is 1.93. The zero-order valence-corrected chi connectivity index (χ0v) is 17.5. The number of imidazole rings is 1. The van der Waals surface area contributed by atoms with Crippen LogP contribution in [-0.2, 0) is 17.7 Å². The highest BCUT2D eigenvalue weighted by Gasteiger charge is 2.17. The van der Waals surface area contributed by atoms with Crippen LogP contribution in [0.5, 0.6) is 0 Å². The summed E-state index contributed by atoms with van der Waals surface area (Å²) in [7, 11) is 1.69.